The van der Waals surface area contributed by atoms with Gasteiger partial charge in [-0.3, -0.25) is 9.69 Å². The third kappa shape index (κ3) is 3.81. The van der Waals surface area contributed by atoms with Crippen molar-refractivity contribution in [1.29, 1.82) is 0 Å². The van der Waals surface area contributed by atoms with E-state index in [-0.39, 0.29) is 5.91 Å². The van der Waals surface area contributed by atoms with E-state index in [0.717, 1.165) is 17.1 Å². The number of likely N-dealkylation sites (N-methyl/N-ethyl adjacent to an activating group) is 1. The van der Waals surface area contributed by atoms with E-state index in [4.69, 9.17) is 22.1 Å². The normalized spacial score (nSPS) is 18.7. The molecule has 2 aliphatic rings. The van der Waals surface area contributed by atoms with Crippen LogP contribution in [0.25, 0.3) is 0 Å². The zero-order chi connectivity index (χ0) is 16.4. The summed E-state index contributed by atoms with van der Waals surface area (Å²) in [5.41, 5.74) is 0. The van der Waals surface area contributed by atoms with E-state index in [1.807, 2.05) is 21.5 Å². The molecule has 3 rings (SSSR count). The summed E-state index contributed by atoms with van der Waals surface area (Å²) in [4.78, 5) is 16.1. The van der Waals surface area contributed by atoms with E-state index < -0.39 is 0 Å². The highest BCUT2D eigenvalue weighted by Gasteiger charge is 2.30. The maximum absolute atomic E-state index is 12.3. The zero-order valence-electron chi connectivity index (χ0n) is 13.9. The SMILES string of the molecule is CCn1c(C2CC2)nn(CN(C)CC(=O)N2CCOCC2)c1=S. The molecule has 1 saturated heterocycles. The molecule has 8 heteroatoms. The monoisotopic (exact) mass is 339 g/mol. The summed E-state index contributed by atoms with van der Waals surface area (Å²) in [5.74, 6) is 1.81. The molecule has 0 spiro atoms. The molecule has 1 amide bonds. The Morgan fingerprint density at radius 3 is 2.70 bits per heavy atom. The summed E-state index contributed by atoms with van der Waals surface area (Å²) < 4.78 is 10.00. The van der Waals surface area contributed by atoms with E-state index >= 15 is 0 Å². The van der Waals surface area contributed by atoms with Gasteiger partial charge in [0.1, 0.15) is 5.82 Å². The average molecular weight is 339 g/mol. The second-order valence-electron chi connectivity index (χ2n) is 6.31. The molecule has 1 aromatic rings. The highest BCUT2D eigenvalue weighted by atomic mass is 32.1. The van der Waals surface area contributed by atoms with Gasteiger partial charge in [-0.1, -0.05) is 0 Å². The van der Waals surface area contributed by atoms with Gasteiger partial charge in [0.2, 0.25) is 5.91 Å². The zero-order valence-corrected chi connectivity index (χ0v) is 14.7. The van der Waals surface area contributed by atoms with Crippen molar-refractivity contribution < 1.29 is 9.53 Å². The van der Waals surface area contributed by atoms with Gasteiger partial charge in [-0.05, 0) is 39.0 Å². The van der Waals surface area contributed by atoms with E-state index in [2.05, 4.69) is 11.5 Å². The van der Waals surface area contributed by atoms with Crippen LogP contribution in [0.1, 0.15) is 31.5 Å². The first kappa shape index (κ1) is 16.6. The minimum absolute atomic E-state index is 0.139. The van der Waals surface area contributed by atoms with Gasteiger partial charge in [0.15, 0.2) is 4.77 Å². The average Bonchev–Trinajstić information content (AvgIpc) is 3.34. The Morgan fingerprint density at radius 1 is 1.39 bits per heavy atom. The fraction of sp³-hybridized carbons (Fsp3) is 0.800. The standard InChI is InChI=1S/C15H25N5O2S/c1-3-19-14(12-4-5-12)16-20(15(19)23)11-17(2)10-13(21)18-6-8-22-9-7-18/h12H,3-11H2,1-2H3. The lowest BCUT2D eigenvalue weighted by molar-refractivity contribution is -0.136. The van der Waals surface area contributed by atoms with Crippen LogP contribution in [-0.4, -0.2) is 70.0 Å². The van der Waals surface area contributed by atoms with Crippen molar-refractivity contribution in [2.75, 3.05) is 39.9 Å². The summed E-state index contributed by atoms with van der Waals surface area (Å²) in [6, 6.07) is 0. The molecule has 1 aromatic heterocycles. The molecular weight excluding hydrogens is 314 g/mol. The van der Waals surface area contributed by atoms with Crippen LogP contribution in [0.2, 0.25) is 0 Å². The topological polar surface area (TPSA) is 55.5 Å². The Balaban J connectivity index is 1.62. The number of ether oxygens (including phenoxy) is 1. The fourth-order valence-electron chi connectivity index (χ4n) is 2.91. The largest absolute Gasteiger partial charge is 0.378 e. The molecule has 0 N–H and O–H groups in total. The molecule has 1 aliphatic carbocycles. The van der Waals surface area contributed by atoms with Crippen molar-refractivity contribution in [2.45, 2.75) is 38.9 Å². The molecule has 0 bridgehead atoms. The van der Waals surface area contributed by atoms with Crippen molar-refractivity contribution in [1.82, 2.24) is 24.1 Å². The van der Waals surface area contributed by atoms with Gasteiger partial charge in [0.25, 0.3) is 0 Å². The van der Waals surface area contributed by atoms with Gasteiger partial charge in [-0.25, -0.2) is 4.68 Å². The van der Waals surface area contributed by atoms with Gasteiger partial charge < -0.3 is 14.2 Å². The lowest BCUT2D eigenvalue weighted by Crippen LogP contribution is -2.45. The first-order valence-corrected chi connectivity index (χ1v) is 8.72. The first-order chi connectivity index (χ1) is 11.1. The fourth-order valence-corrected chi connectivity index (χ4v) is 3.23. The third-order valence-corrected chi connectivity index (χ3v) is 4.79. The molecule has 23 heavy (non-hydrogen) atoms. The summed E-state index contributed by atoms with van der Waals surface area (Å²) in [6.07, 6.45) is 2.41. The smallest absolute Gasteiger partial charge is 0.236 e. The minimum Gasteiger partial charge on any atom is -0.378 e. The molecule has 0 atom stereocenters. The van der Waals surface area contributed by atoms with E-state index in [1.165, 1.54) is 12.8 Å². The van der Waals surface area contributed by atoms with Crippen LogP contribution in [0, 0.1) is 4.77 Å². The highest BCUT2D eigenvalue weighted by molar-refractivity contribution is 7.71. The third-order valence-electron chi connectivity index (χ3n) is 4.35. The molecule has 1 aliphatic heterocycles. The Morgan fingerprint density at radius 2 is 2.09 bits per heavy atom. The first-order valence-electron chi connectivity index (χ1n) is 8.31. The van der Waals surface area contributed by atoms with Gasteiger partial charge in [-0.2, -0.15) is 5.10 Å². The van der Waals surface area contributed by atoms with Crippen molar-refractivity contribution in [3.05, 3.63) is 10.6 Å². The van der Waals surface area contributed by atoms with Crippen LogP contribution in [0.4, 0.5) is 0 Å². The van der Waals surface area contributed by atoms with Crippen LogP contribution in [0.15, 0.2) is 0 Å². The maximum atomic E-state index is 12.3. The molecule has 7 nitrogen and oxygen atoms in total. The van der Waals surface area contributed by atoms with Gasteiger partial charge >= 0.3 is 0 Å². The molecule has 2 heterocycles. The van der Waals surface area contributed by atoms with E-state index in [1.54, 1.807) is 0 Å². The number of aromatic nitrogens is 3. The molecule has 2 fully saturated rings. The number of amides is 1. The Labute approximate surface area is 141 Å². The second kappa shape index (κ2) is 7.11. The van der Waals surface area contributed by atoms with Crippen LogP contribution in [0.5, 0.6) is 0 Å². The summed E-state index contributed by atoms with van der Waals surface area (Å²) in [7, 11) is 1.93. The Hall–Kier alpha value is -1.25. The number of carbonyl (C=O) groups is 1. The van der Waals surface area contributed by atoms with Crippen molar-refractivity contribution >= 4 is 18.1 Å². The molecular formula is C15H25N5O2S. The van der Waals surface area contributed by atoms with Crippen LogP contribution >= 0.6 is 12.2 Å². The number of hydrogen-bond acceptors (Lipinski definition) is 5. The number of morpholine rings is 1. The van der Waals surface area contributed by atoms with Crippen molar-refractivity contribution in [3.8, 4) is 0 Å². The van der Waals surface area contributed by atoms with Crippen molar-refractivity contribution in [2.24, 2.45) is 0 Å². The van der Waals surface area contributed by atoms with Gasteiger partial charge in [0.05, 0.1) is 26.4 Å². The summed E-state index contributed by atoms with van der Waals surface area (Å²) in [6.45, 7) is 6.49. The predicted molar refractivity (Wildman–Crippen MR) is 88.7 cm³/mol. The number of nitrogens with zero attached hydrogens (tertiary/aromatic N) is 5. The lowest BCUT2D eigenvalue weighted by Gasteiger charge is -2.28. The van der Waals surface area contributed by atoms with Crippen molar-refractivity contribution in [3.63, 3.8) is 0 Å². The predicted octanol–water partition coefficient (Wildman–Crippen LogP) is 1.06. The molecule has 0 unspecified atom stereocenters. The number of rotatable bonds is 6. The quantitative estimate of drug-likeness (QED) is 0.726. The minimum atomic E-state index is 0.139. The summed E-state index contributed by atoms with van der Waals surface area (Å²) in [5, 5.41) is 4.69. The Bertz CT molecular complexity index is 616. The van der Waals surface area contributed by atoms with Gasteiger partial charge in [-0.15, -0.1) is 0 Å². The second-order valence-corrected chi connectivity index (χ2v) is 6.67. The lowest BCUT2D eigenvalue weighted by atomic mass is 10.4. The van der Waals surface area contributed by atoms with E-state index in [9.17, 15) is 4.79 Å². The molecule has 0 aromatic carbocycles. The van der Waals surface area contributed by atoms with Gasteiger partial charge in [0, 0.05) is 25.6 Å². The number of hydrogen-bond donors (Lipinski definition) is 0. The molecule has 128 valence electrons. The van der Waals surface area contributed by atoms with Crippen LogP contribution in [-0.2, 0) is 22.7 Å². The molecule has 1 saturated carbocycles. The molecule has 0 radical (unpaired) electrons. The number of carbonyl (C=O) groups excluding carboxylic acids is 1. The maximum Gasteiger partial charge on any atom is 0.236 e. The summed E-state index contributed by atoms with van der Waals surface area (Å²) >= 11 is 5.54. The van der Waals surface area contributed by atoms with Crippen LogP contribution in [0.3, 0.4) is 0 Å². The highest BCUT2D eigenvalue weighted by Crippen LogP contribution is 2.39. The van der Waals surface area contributed by atoms with E-state index in [0.29, 0.717) is 45.4 Å². The van der Waals surface area contributed by atoms with Crippen LogP contribution < -0.4 is 0 Å². The Kier molecular flexibility index (Phi) is 5.13.